The molecule has 3 saturated heterocycles. The van der Waals surface area contributed by atoms with Gasteiger partial charge in [0, 0.05) is 32.8 Å². The first-order chi connectivity index (χ1) is 10.4. The summed E-state index contributed by atoms with van der Waals surface area (Å²) < 4.78 is 5.42. The highest BCUT2D eigenvalue weighted by atomic mass is 16.5. The number of nitrogens with zero attached hydrogens (tertiary/aromatic N) is 2. The Morgan fingerprint density at radius 2 is 1.71 bits per heavy atom. The second-order valence-corrected chi connectivity index (χ2v) is 7.23. The van der Waals surface area contributed by atoms with Crippen LogP contribution in [0.2, 0.25) is 0 Å². The van der Waals surface area contributed by atoms with Crippen LogP contribution in [0.3, 0.4) is 0 Å². The molecule has 0 spiro atoms. The Hall–Kier alpha value is -0.160. The molecule has 3 aliphatic rings. The van der Waals surface area contributed by atoms with Crippen molar-refractivity contribution >= 4 is 0 Å². The zero-order valence-electron chi connectivity index (χ0n) is 13.6. The van der Waals surface area contributed by atoms with Crippen LogP contribution in [0.5, 0.6) is 0 Å². The molecule has 0 aromatic carbocycles. The third kappa shape index (κ3) is 5.20. The highest BCUT2D eigenvalue weighted by Crippen LogP contribution is 2.20. The molecule has 1 N–H and O–H groups in total. The maximum Gasteiger partial charge on any atom is 0.0507 e. The van der Waals surface area contributed by atoms with Crippen molar-refractivity contribution in [1.82, 2.24) is 15.1 Å². The average molecular weight is 295 g/mol. The molecule has 122 valence electrons. The molecule has 0 aromatic rings. The van der Waals surface area contributed by atoms with E-state index in [1.54, 1.807) is 0 Å². The van der Waals surface area contributed by atoms with E-state index in [0.29, 0.717) is 0 Å². The van der Waals surface area contributed by atoms with Crippen molar-refractivity contribution < 1.29 is 4.74 Å². The number of nitrogens with one attached hydrogen (secondary N) is 1. The van der Waals surface area contributed by atoms with Gasteiger partial charge in [-0.25, -0.2) is 0 Å². The highest BCUT2D eigenvalue weighted by molar-refractivity contribution is 4.77. The van der Waals surface area contributed by atoms with Gasteiger partial charge in [-0.1, -0.05) is 0 Å². The van der Waals surface area contributed by atoms with Gasteiger partial charge in [-0.05, 0) is 70.1 Å². The summed E-state index contributed by atoms with van der Waals surface area (Å²) in [6.07, 6.45) is 6.92. The predicted molar refractivity (Wildman–Crippen MR) is 86.6 cm³/mol. The second kappa shape index (κ2) is 8.47. The van der Waals surface area contributed by atoms with Gasteiger partial charge in [0.05, 0.1) is 6.61 Å². The minimum absolute atomic E-state index is 0.760. The third-order valence-electron chi connectivity index (χ3n) is 5.48. The summed E-state index contributed by atoms with van der Waals surface area (Å²) >= 11 is 0. The zero-order valence-corrected chi connectivity index (χ0v) is 13.6. The summed E-state index contributed by atoms with van der Waals surface area (Å²) in [5, 5.41) is 3.61. The Morgan fingerprint density at radius 3 is 2.43 bits per heavy atom. The molecule has 1 unspecified atom stereocenters. The summed E-state index contributed by atoms with van der Waals surface area (Å²) in [7, 11) is 0. The maximum absolute atomic E-state index is 5.42. The fourth-order valence-corrected chi connectivity index (χ4v) is 4.01. The molecule has 4 nitrogen and oxygen atoms in total. The van der Waals surface area contributed by atoms with Crippen molar-refractivity contribution in [2.75, 3.05) is 65.6 Å². The van der Waals surface area contributed by atoms with Gasteiger partial charge >= 0.3 is 0 Å². The van der Waals surface area contributed by atoms with E-state index in [1.807, 2.05) is 0 Å². The van der Waals surface area contributed by atoms with Crippen LogP contribution in [0.1, 0.15) is 32.1 Å². The predicted octanol–water partition coefficient (Wildman–Crippen LogP) is 1.42. The summed E-state index contributed by atoms with van der Waals surface area (Å²) in [4.78, 5) is 5.34. The van der Waals surface area contributed by atoms with Crippen LogP contribution in [-0.2, 0) is 4.74 Å². The van der Waals surface area contributed by atoms with Crippen LogP contribution in [-0.4, -0.2) is 75.4 Å². The minimum Gasteiger partial charge on any atom is -0.381 e. The van der Waals surface area contributed by atoms with E-state index in [4.69, 9.17) is 4.74 Å². The van der Waals surface area contributed by atoms with Gasteiger partial charge in [-0.3, -0.25) is 0 Å². The third-order valence-corrected chi connectivity index (χ3v) is 5.48. The van der Waals surface area contributed by atoms with Crippen LogP contribution >= 0.6 is 0 Å². The Balaban J connectivity index is 1.22. The lowest BCUT2D eigenvalue weighted by atomic mass is 9.96. The van der Waals surface area contributed by atoms with Crippen LogP contribution in [0.25, 0.3) is 0 Å². The number of ether oxygens (including phenoxy) is 1. The van der Waals surface area contributed by atoms with Crippen LogP contribution in [0.4, 0.5) is 0 Å². The van der Waals surface area contributed by atoms with E-state index < -0.39 is 0 Å². The molecule has 0 saturated carbocycles. The highest BCUT2D eigenvalue weighted by Gasteiger charge is 2.22. The van der Waals surface area contributed by atoms with Crippen molar-refractivity contribution in [3.8, 4) is 0 Å². The number of rotatable bonds is 7. The van der Waals surface area contributed by atoms with Gasteiger partial charge < -0.3 is 19.9 Å². The Labute approximate surface area is 130 Å². The number of likely N-dealkylation sites (tertiary alicyclic amines) is 2. The van der Waals surface area contributed by atoms with Crippen molar-refractivity contribution in [2.24, 2.45) is 11.8 Å². The van der Waals surface area contributed by atoms with Gasteiger partial charge in [0.15, 0.2) is 0 Å². The SMILES string of the molecule is C1CCN(CC2CCN(CCNCC3CCOC3)CC2)C1. The molecular weight excluding hydrogens is 262 g/mol. The first kappa shape index (κ1) is 15.7. The second-order valence-electron chi connectivity index (χ2n) is 7.23. The van der Waals surface area contributed by atoms with E-state index >= 15 is 0 Å². The largest absolute Gasteiger partial charge is 0.381 e. The van der Waals surface area contributed by atoms with Gasteiger partial charge in [0.25, 0.3) is 0 Å². The molecule has 0 amide bonds. The van der Waals surface area contributed by atoms with E-state index in [2.05, 4.69) is 15.1 Å². The monoisotopic (exact) mass is 295 g/mol. The number of piperidine rings is 1. The van der Waals surface area contributed by atoms with Gasteiger partial charge in [-0.2, -0.15) is 0 Å². The van der Waals surface area contributed by atoms with Gasteiger partial charge in [0.2, 0.25) is 0 Å². The van der Waals surface area contributed by atoms with E-state index in [0.717, 1.165) is 38.1 Å². The topological polar surface area (TPSA) is 27.7 Å². The lowest BCUT2D eigenvalue weighted by Crippen LogP contribution is -2.41. The molecule has 0 radical (unpaired) electrons. The van der Waals surface area contributed by atoms with E-state index in [9.17, 15) is 0 Å². The van der Waals surface area contributed by atoms with E-state index in [-0.39, 0.29) is 0 Å². The lowest BCUT2D eigenvalue weighted by Gasteiger charge is -2.33. The number of hydrogen-bond donors (Lipinski definition) is 1. The summed E-state index contributed by atoms with van der Waals surface area (Å²) in [5.41, 5.74) is 0. The molecule has 0 bridgehead atoms. The zero-order chi connectivity index (χ0) is 14.3. The molecule has 1 atom stereocenters. The minimum atomic E-state index is 0.760. The van der Waals surface area contributed by atoms with Crippen LogP contribution < -0.4 is 5.32 Å². The molecule has 3 aliphatic heterocycles. The van der Waals surface area contributed by atoms with Crippen LogP contribution in [0.15, 0.2) is 0 Å². The Bertz CT molecular complexity index is 277. The first-order valence-corrected chi connectivity index (χ1v) is 9.13. The smallest absolute Gasteiger partial charge is 0.0507 e. The van der Waals surface area contributed by atoms with Crippen LogP contribution in [0, 0.1) is 11.8 Å². The molecule has 0 aliphatic carbocycles. The molecule has 3 rings (SSSR count). The molecule has 3 heterocycles. The molecule has 21 heavy (non-hydrogen) atoms. The standard InChI is InChI=1S/C17H33N3O/c1-2-8-20(7-1)14-16-3-9-19(10-4-16)11-6-18-13-17-5-12-21-15-17/h16-18H,1-15H2. The summed E-state index contributed by atoms with van der Waals surface area (Å²) in [6.45, 7) is 12.2. The lowest BCUT2D eigenvalue weighted by molar-refractivity contribution is 0.153. The van der Waals surface area contributed by atoms with Crippen molar-refractivity contribution in [2.45, 2.75) is 32.1 Å². The van der Waals surface area contributed by atoms with Gasteiger partial charge in [-0.15, -0.1) is 0 Å². The first-order valence-electron chi connectivity index (χ1n) is 9.13. The van der Waals surface area contributed by atoms with E-state index in [1.165, 1.54) is 71.4 Å². The fourth-order valence-electron chi connectivity index (χ4n) is 4.01. The van der Waals surface area contributed by atoms with Crippen molar-refractivity contribution in [1.29, 1.82) is 0 Å². The fraction of sp³-hybridized carbons (Fsp3) is 1.00. The molecule has 0 aromatic heterocycles. The summed E-state index contributed by atoms with van der Waals surface area (Å²) in [6, 6.07) is 0. The summed E-state index contributed by atoms with van der Waals surface area (Å²) in [5.74, 6) is 1.72. The van der Waals surface area contributed by atoms with Gasteiger partial charge in [0.1, 0.15) is 0 Å². The number of hydrogen-bond acceptors (Lipinski definition) is 4. The molecular formula is C17H33N3O. The quantitative estimate of drug-likeness (QED) is 0.719. The average Bonchev–Trinajstić information content (AvgIpc) is 3.19. The van der Waals surface area contributed by atoms with Crippen molar-refractivity contribution in [3.05, 3.63) is 0 Å². The maximum atomic E-state index is 5.42. The molecule has 3 fully saturated rings. The Kier molecular flexibility index (Phi) is 6.34. The van der Waals surface area contributed by atoms with Crippen molar-refractivity contribution in [3.63, 3.8) is 0 Å². The normalized spacial score (nSPS) is 29.4. The Morgan fingerprint density at radius 1 is 0.905 bits per heavy atom. The molecule has 4 heteroatoms.